The Morgan fingerprint density at radius 2 is 1.76 bits per heavy atom. The second kappa shape index (κ2) is 9.29. The van der Waals surface area contributed by atoms with Crippen molar-refractivity contribution in [2.45, 2.75) is 24.8 Å². The van der Waals surface area contributed by atoms with Gasteiger partial charge in [-0.1, -0.05) is 60.7 Å². The van der Waals surface area contributed by atoms with Crippen molar-refractivity contribution in [1.29, 1.82) is 0 Å². The number of hydrogen-bond acceptors (Lipinski definition) is 5. The summed E-state index contributed by atoms with van der Waals surface area (Å²) in [5, 5.41) is 3.07. The Morgan fingerprint density at radius 3 is 2.48 bits per heavy atom. The molecule has 3 heterocycles. The number of thiophene rings is 1. The van der Waals surface area contributed by atoms with E-state index < -0.39 is 0 Å². The molecule has 0 radical (unpaired) electrons. The van der Waals surface area contributed by atoms with Crippen molar-refractivity contribution in [3.05, 3.63) is 89.0 Å². The summed E-state index contributed by atoms with van der Waals surface area (Å²) in [5.41, 5.74) is 2.57. The number of ether oxygens (including phenoxy) is 1. The lowest BCUT2D eigenvalue weighted by atomic mass is 9.74. The Hall–Kier alpha value is -3.29. The van der Waals surface area contributed by atoms with Crippen LogP contribution in [-0.2, 0) is 21.5 Å². The summed E-state index contributed by atoms with van der Waals surface area (Å²) in [5.74, 6) is -0.195. The second-order valence-electron chi connectivity index (χ2n) is 8.40. The summed E-state index contributed by atoms with van der Waals surface area (Å²) in [7, 11) is 0. The van der Waals surface area contributed by atoms with E-state index in [0.29, 0.717) is 30.0 Å². The first-order valence-electron chi connectivity index (χ1n) is 11.1. The lowest BCUT2D eigenvalue weighted by Gasteiger charge is -2.38. The summed E-state index contributed by atoms with van der Waals surface area (Å²) in [4.78, 5) is 31.3. The standard InChI is InChI=1S/C26H25N3O3S/c30-23(27-17-26(11-13-32-14-12-26)20-9-5-2-6-10-20)16-29-18-28-21-15-22(33-24(21)25(29)31)19-7-3-1-4-8-19/h1-10,15,18H,11-14,16-17H2,(H,27,30). The van der Waals surface area contributed by atoms with E-state index in [1.165, 1.54) is 27.8 Å². The molecule has 0 saturated carbocycles. The molecule has 1 N–H and O–H groups in total. The van der Waals surface area contributed by atoms with Gasteiger partial charge in [0.05, 0.1) is 11.8 Å². The smallest absolute Gasteiger partial charge is 0.271 e. The fourth-order valence-corrected chi connectivity index (χ4v) is 5.47. The van der Waals surface area contributed by atoms with Crippen molar-refractivity contribution >= 4 is 27.5 Å². The quantitative estimate of drug-likeness (QED) is 0.473. The van der Waals surface area contributed by atoms with Crippen LogP contribution in [0.25, 0.3) is 20.7 Å². The van der Waals surface area contributed by atoms with Crippen LogP contribution in [0.1, 0.15) is 18.4 Å². The number of nitrogens with one attached hydrogen (secondary N) is 1. The SMILES string of the molecule is O=C(Cn1cnc2cc(-c3ccccc3)sc2c1=O)NCC1(c2ccccc2)CCOCC1. The maximum atomic E-state index is 13.0. The second-order valence-corrected chi connectivity index (χ2v) is 9.46. The average Bonchev–Trinajstić information content (AvgIpc) is 3.32. The first kappa shape index (κ1) is 21.6. The Bertz CT molecular complexity index is 1310. The molecule has 0 unspecified atom stereocenters. The molecule has 1 aliphatic rings. The summed E-state index contributed by atoms with van der Waals surface area (Å²) in [6.45, 7) is 1.81. The normalized spacial score (nSPS) is 15.4. The zero-order valence-electron chi connectivity index (χ0n) is 18.2. The molecule has 0 bridgehead atoms. The van der Waals surface area contributed by atoms with E-state index in [4.69, 9.17) is 4.74 Å². The Morgan fingerprint density at radius 1 is 1.06 bits per heavy atom. The van der Waals surface area contributed by atoms with Gasteiger partial charge in [0.2, 0.25) is 5.91 Å². The van der Waals surface area contributed by atoms with Crippen LogP contribution < -0.4 is 10.9 Å². The van der Waals surface area contributed by atoms with Gasteiger partial charge in [-0.2, -0.15) is 0 Å². The lowest BCUT2D eigenvalue weighted by molar-refractivity contribution is -0.122. The minimum atomic E-state index is -0.195. The van der Waals surface area contributed by atoms with Gasteiger partial charge >= 0.3 is 0 Å². The number of carbonyl (C=O) groups excluding carboxylic acids is 1. The lowest BCUT2D eigenvalue weighted by Crippen LogP contribution is -2.45. The minimum absolute atomic E-state index is 0.0539. The van der Waals surface area contributed by atoms with E-state index >= 15 is 0 Å². The number of hydrogen-bond donors (Lipinski definition) is 1. The van der Waals surface area contributed by atoms with Crippen LogP contribution in [0.2, 0.25) is 0 Å². The molecular formula is C26H25N3O3S. The number of benzene rings is 2. The van der Waals surface area contributed by atoms with Crippen LogP contribution in [0.3, 0.4) is 0 Å². The fourth-order valence-electron chi connectivity index (χ4n) is 4.40. The van der Waals surface area contributed by atoms with Crippen molar-refractivity contribution in [2.24, 2.45) is 0 Å². The fraction of sp³-hybridized carbons (Fsp3) is 0.269. The maximum absolute atomic E-state index is 13.0. The Kier molecular flexibility index (Phi) is 6.07. The molecule has 2 aromatic heterocycles. The number of fused-ring (bicyclic) bond motifs is 1. The van der Waals surface area contributed by atoms with E-state index in [1.54, 1.807) is 0 Å². The van der Waals surface area contributed by atoms with Gasteiger partial charge in [0.25, 0.3) is 5.56 Å². The molecule has 0 spiro atoms. The highest BCUT2D eigenvalue weighted by atomic mass is 32.1. The van der Waals surface area contributed by atoms with Gasteiger partial charge in [-0.05, 0) is 30.0 Å². The molecule has 0 atom stereocenters. The van der Waals surface area contributed by atoms with Gasteiger partial charge in [-0.15, -0.1) is 11.3 Å². The Labute approximate surface area is 195 Å². The van der Waals surface area contributed by atoms with Gasteiger partial charge in [-0.3, -0.25) is 14.2 Å². The van der Waals surface area contributed by atoms with E-state index in [0.717, 1.165) is 23.3 Å². The molecular weight excluding hydrogens is 434 g/mol. The topological polar surface area (TPSA) is 73.2 Å². The first-order chi connectivity index (χ1) is 16.1. The predicted molar refractivity (Wildman–Crippen MR) is 130 cm³/mol. The molecule has 4 aromatic rings. The van der Waals surface area contributed by atoms with Crippen molar-refractivity contribution in [2.75, 3.05) is 19.8 Å². The van der Waals surface area contributed by atoms with Crippen LogP contribution in [0.5, 0.6) is 0 Å². The zero-order valence-corrected chi connectivity index (χ0v) is 19.0. The van der Waals surface area contributed by atoms with Crippen molar-refractivity contribution in [1.82, 2.24) is 14.9 Å². The largest absolute Gasteiger partial charge is 0.381 e. The Balaban J connectivity index is 1.32. The molecule has 7 heteroatoms. The number of nitrogens with zero attached hydrogens (tertiary/aromatic N) is 2. The zero-order chi connectivity index (χ0) is 22.7. The maximum Gasteiger partial charge on any atom is 0.271 e. The number of amides is 1. The average molecular weight is 460 g/mol. The van der Waals surface area contributed by atoms with Crippen LogP contribution >= 0.6 is 11.3 Å². The molecule has 1 aliphatic heterocycles. The molecule has 1 amide bonds. The third-order valence-electron chi connectivity index (χ3n) is 6.34. The molecule has 1 fully saturated rings. The van der Waals surface area contributed by atoms with Gasteiger partial charge in [0, 0.05) is 30.1 Å². The summed E-state index contributed by atoms with van der Waals surface area (Å²) in [6, 6.07) is 22.1. The first-order valence-corrected chi connectivity index (χ1v) is 11.9. The third-order valence-corrected chi connectivity index (χ3v) is 7.50. The summed E-state index contributed by atoms with van der Waals surface area (Å²) < 4.78 is 7.53. The highest BCUT2D eigenvalue weighted by molar-refractivity contribution is 7.22. The molecule has 5 rings (SSSR count). The van der Waals surface area contributed by atoms with Gasteiger partial charge in [0.15, 0.2) is 0 Å². The molecule has 1 saturated heterocycles. The van der Waals surface area contributed by atoms with E-state index in [-0.39, 0.29) is 23.4 Å². The molecule has 33 heavy (non-hydrogen) atoms. The molecule has 168 valence electrons. The van der Waals surface area contributed by atoms with Gasteiger partial charge in [-0.25, -0.2) is 4.98 Å². The van der Waals surface area contributed by atoms with Gasteiger partial charge in [0.1, 0.15) is 11.2 Å². The van der Waals surface area contributed by atoms with Crippen molar-refractivity contribution < 1.29 is 9.53 Å². The summed E-state index contributed by atoms with van der Waals surface area (Å²) >= 11 is 1.41. The van der Waals surface area contributed by atoms with E-state index in [1.807, 2.05) is 54.6 Å². The number of aromatic nitrogens is 2. The van der Waals surface area contributed by atoms with E-state index in [9.17, 15) is 9.59 Å². The van der Waals surface area contributed by atoms with Crippen LogP contribution in [0.4, 0.5) is 0 Å². The van der Waals surface area contributed by atoms with Crippen LogP contribution in [0.15, 0.2) is 77.9 Å². The van der Waals surface area contributed by atoms with Gasteiger partial charge < -0.3 is 10.1 Å². The summed E-state index contributed by atoms with van der Waals surface area (Å²) in [6.07, 6.45) is 3.16. The monoisotopic (exact) mass is 459 g/mol. The highest BCUT2D eigenvalue weighted by Crippen LogP contribution is 2.34. The predicted octanol–water partition coefficient (Wildman–Crippen LogP) is 3.99. The molecule has 2 aromatic carbocycles. The third kappa shape index (κ3) is 4.47. The van der Waals surface area contributed by atoms with E-state index in [2.05, 4.69) is 22.4 Å². The van der Waals surface area contributed by atoms with Crippen molar-refractivity contribution in [3.8, 4) is 10.4 Å². The van der Waals surface area contributed by atoms with Crippen LogP contribution in [-0.4, -0.2) is 35.2 Å². The minimum Gasteiger partial charge on any atom is -0.381 e. The molecule has 6 nitrogen and oxygen atoms in total. The number of carbonyl (C=O) groups is 1. The van der Waals surface area contributed by atoms with Crippen LogP contribution in [0, 0.1) is 0 Å². The number of rotatable bonds is 6. The highest BCUT2D eigenvalue weighted by Gasteiger charge is 2.34. The van der Waals surface area contributed by atoms with Crippen molar-refractivity contribution in [3.63, 3.8) is 0 Å². The molecule has 0 aliphatic carbocycles.